The summed E-state index contributed by atoms with van der Waals surface area (Å²) in [5.41, 5.74) is 0.109. The SMILES string of the molecule is COCCN(CCC#N)c1cccc(C#N)c1[N+](=O)[O-]. The van der Waals surface area contributed by atoms with Crippen molar-refractivity contribution in [3.8, 4) is 12.1 Å². The number of benzene rings is 1. The van der Waals surface area contributed by atoms with E-state index in [-0.39, 0.29) is 17.7 Å². The third kappa shape index (κ3) is 3.67. The number of ether oxygens (including phenoxy) is 1. The zero-order valence-corrected chi connectivity index (χ0v) is 11.1. The molecule has 0 saturated heterocycles. The van der Waals surface area contributed by atoms with Crippen LogP contribution in [0.5, 0.6) is 0 Å². The maximum Gasteiger partial charge on any atom is 0.310 e. The molecule has 0 spiro atoms. The van der Waals surface area contributed by atoms with E-state index >= 15 is 0 Å². The van der Waals surface area contributed by atoms with Gasteiger partial charge in [0.25, 0.3) is 0 Å². The summed E-state index contributed by atoms with van der Waals surface area (Å²) in [6.45, 7) is 1.13. The largest absolute Gasteiger partial charge is 0.383 e. The van der Waals surface area contributed by atoms with E-state index in [1.54, 1.807) is 17.0 Å². The third-order valence-corrected chi connectivity index (χ3v) is 2.72. The molecule has 0 aromatic heterocycles. The van der Waals surface area contributed by atoms with Gasteiger partial charge in [-0.05, 0) is 12.1 Å². The molecule has 0 bridgehead atoms. The molecule has 1 aromatic rings. The Bertz CT molecular complexity index is 560. The monoisotopic (exact) mass is 274 g/mol. The molecule has 0 amide bonds. The van der Waals surface area contributed by atoms with E-state index in [2.05, 4.69) is 0 Å². The van der Waals surface area contributed by atoms with Gasteiger partial charge in [0, 0.05) is 20.2 Å². The Balaban J connectivity index is 3.21. The van der Waals surface area contributed by atoms with Crippen molar-refractivity contribution in [2.45, 2.75) is 6.42 Å². The summed E-state index contributed by atoms with van der Waals surface area (Å²) in [6.07, 6.45) is 0.234. The number of rotatable bonds is 7. The average molecular weight is 274 g/mol. The average Bonchev–Trinajstić information content (AvgIpc) is 2.46. The molecule has 0 N–H and O–H groups in total. The first-order valence-electron chi connectivity index (χ1n) is 5.94. The second-order valence-corrected chi connectivity index (χ2v) is 3.93. The molecule has 7 nitrogen and oxygen atoms in total. The Morgan fingerprint density at radius 1 is 1.40 bits per heavy atom. The molecule has 7 heteroatoms. The maximum absolute atomic E-state index is 11.2. The highest BCUT2D eigenvalue weighted by Gasteiger charge is 2.23. The van der Waals surface area contributed by atoms with Gasteiger partial charge in [-0.3, -0.25) is 10.1 Å². The van der Waals surface area contributed by atoms with E-state index in [4.69, 9.17) is 15.3 Å². The molecule has 0 radical (unpaired) electrons. The summed E-state index contributed by atoms with van der Waals surface area (Å²) >= 11 is 0. The predicted octanol–water partition coefficient (Wildman–Crippen LogP) is 1.83. The Hall–Kier alpha value is -2.64. The van der Waals surface area contributed by atoms with E-state index in [1.807, 2.05) is 12.1 Å². The molecule has 20 heavy (non-hydrogen) atoms. The van der Waals surface area contributed by atoms with Gasteiger partial charge in [0.15, 0.2) is 0 Å². The fourth-order valence-corrected chi connectivity index (χ4v) is 1.81. The highest BCUT2D eigenvalue weighted by molar-refractivity contribution is 5.69. The molecule has 0 aliphatic heterocycles. The second kappa shape index (κ2) is 7.72. The highest BCUT2D eigenvalue weighted by Crippen LogP contribution is 2.31. The predicted molar refractivity (Wildman–Crippen MR) is 72.1 cm³/mol. The minimum Gasteiger partial charge on any atom is -0.383 e. The van der Waals surface area contributed by atoms with Crippen LogP contribution < -0.4 is 4.90 Å². The standard InChI is InChI=1S/C13H14N4O3/c1-20-9-8-16(7-3-6-14)12-5-2-4-11(10-15)13(12)17(18)19/h2,4-5H,3,7-9H2,1H3. The lowest BCUT2D eigenvalue weighted by Crippen LogP contribution is -2.29. The van der Waals surface area contributed by atoms with E-state index < -0.39 is 4.92 Å². The van der Waals surface area contributed by atoms with Gasteiger partial charge in [-0.1, -0.05) is 6.07 Å². The number of hydrogen-bond acceptors (Lipinski definition) is 6. The first-order chi connectivity index (χ1) is 9.65. The Labute approximate surface area is 116 Å². The second-order valence-electron chi connectivity index (χ2n) is 3.93. The van der Waals surface area contributed by atoms with Gasteiger partial charge < -0.3 is 9.64 Å². The minimum absolute atomic E-state index is 0.00637. The van der Waals surface area contributed by atoms with E-state index in [0.717, 1.165) is 0 Å². The molecule has 0 saturated carbocycles. The van der Waals surface area contributed by atoms with Crippen LogP contribution in [-0.4, -0.2) is 31.7 Å². The van der Waals surface area contributed by atoms with Crippen molar-refractivity contribution in [1.29, 1.82) is 10.5 Å². The van der Waals surface area contributed by atoms with E-state index in [1.165, 1.54) is 13.2 Å². The Morgan fingerprint density at radius 2 is 2.15 bits per heavy atom. The van der Waals surface area contributed by atoms with Gasteiger partial charge in [-0.15, -0.1) is 0 Å². The molecule has 0 unspecified atom stereocenters. The maximum atomic E-state index is 11.2. The van der Waals surface area contributed by atoms with Crippen molar-refractivity contribution in [2.75, 3.05) is 31.7 Å². The molecule has 1 rings (SSSR count). The van der Waals surface area contributed by atoms with Gasteiger partial charge in [-0.2, -0.15) is 10.5 Å². The third-order valence-electron chi connectivity index (χ3n) is 2.72. The quantitative estimate of drug-likeness (QED) is 0.555. The van der Waals surface area contributed by atoms with E-state index in [9.17, 15) is 10.1 Å². The summed E-state index contributed by atoms with van der Waals surface area (Å²) < 4.78 is 4.97. The molecule has 0 heterocycles. The van der Waals surface area contributed by atoms with Crippen LogP contribution in [0.2, 0.25) is 0 Å². The first kappa shape index (κ1) is 15.4. The van der Waals surface area contributed by atoms with Crippen molar-refractivity contribution in [3.63, 3.8) is 0 Å². The zero-order chi connectivity index (χ0) is 15.0. The Morgan fingerprint density at radius 3 is 2.70 bits per heavy atom. The first-order valence-corrected chi connectivity index (χ1v) is 5.94. The minimum atomic E-state index is -0.569. The number of methoxy groups -OCH3 is 1. The smallest absolute Gasteiger partial charge is 0.310 e. The van der Waals surface area contributed by atoms with Gasteiger partial charge in [0.05, 0.1) is 24.0 Å². The molecule has 0 aliphatic rings. The van der Waals surface area contributed by atoms with Gasteiger partial charge in [0.2, 0.25) is 0 Å². The Kier molecular flexibility index (Phi) is 5.95. The topological polar surface area (TPSA) is 103 Å². The molecular weight excluding hydrogens is 260 g/mol. The molecule has 1 aromatic carbocycles. The van der Waals surface area contributed by atoms with Crippen molar-refractivity contribution in [2.24, 2.45) is 0 Å². The van der Waals surface area contributed by atoms with Crippen molar-refractivity contribution in [3.05, 3.63) is 33.9 Å². The van der Waals surface area contributed by atoms with Crippen LogP contribution in [0.4, 0.5) is 11.4 Å². The lowest BCUT2D eigenvalue weighted by Gasteiger charge is -2.23. The van der Waals surface area contributed by atoms with Crippen LogP contribution >= 0.6 is 0 Å². The summed E-state index contributed by atoms with van der Waals surface area (Å²) in [6, 6.07) is 8.39. The van der Waals surface area contributed by atoms with Crippen LogP contribution in [-0.2, 0) is 4.74 Å². The number of anilines is 1. The normalized spacial score (nSPS) is 9.55. The fourth-order valence-electron chi connectivity index (χ4n) is 1.81. The number of hydrogen-bond donors (Lipinski definition) is 0. The zero-order valence-electron chi connectivity index (χ0n) is 11.1. The number of nitro groups is 1. The summed E-state index contributed by atoms with van der Waals surface area (Å²) in [5.74, 6) is 0. The highest BCUT2D eigenvalue weighted by atomic mass is 16.6. The van der Waals surface area contributed by atoms with Gasteiger partial charge >= 0.3 is 5.69 Å². The van der Waals surface area contributed by atoms with Gasteiger partial charge in [-0.25, -0.2) is 0 Å². The van der Waals surface area contributed by atoms with E-state index in [0.29, 0.717) is 25.4 Å². The van der Waals surface area contributed by atoms with Crippen molar-refractivity contribution < 1.29 is 9.66 Å². The summed E-state index contributed by atoms with van der Waals surface area (Å²) in [5, 5.41) is 28.8. The van der Waals surface area contributed by atoms with Crippen LogP contribution in [0.1, 0.15) is 12.0 Å². The molecule has 0 fully saturated rings. The summed E-state index contributed by atoms with van der Waals surface area (Å²) in [7, 11) is 1.53. The molecule has 0 atom stereocenters. The van der Waals surface area contributed by atoms with Crippen molar-refractivity contribution >= 4 is 11.4 Å². The summed E-state index contributed by atoms with van der Waals surface area (Å²) in [4.78, 5) is 12.3. The van der Waals surface area contributed by atoms with Crippen LogP contribution in [0.25, 0.3) is 0 Å². The number of nitro benzene ring substituents is 1. The lowest BCUT2D eigenvalue weighted by atomic mass is 10.1. The fraction of sp³-hybridized carbons (Fsp3) is 0.385. The van der Waals surface area contributed by atoms with Crippen LogP contribution in [0.3, 0.4) is 0 Å². The number of para-hydroxylation sites is 1. The van der Waals surface area contributed by atoms with Crippen LogP contribution in [0.15, 0.2) is 18.2 Å². The molecule has 0 aliphatic carbocycles. The number of nitriles is 2. The van der Waals surface area contributed by atoms with Crippen molar-refractivity contribution in [1.82, 2.24) is 0 Å². The van der Waals surface area contributed by atoms with Crippen LogP contribution in [0, 0.1) is 32.8 Å². The number of nitrogens with zero attached hydrogens (tertiary/aromatic N) is 4. The molecule has 104 valence electrons. The molecular formula is C13H14N4O3. The lowest BCUT2D eigenvalue weighted by molar-refractivity contribution is -0.384. The van der Waals surface area contributed by atoms with Gasteiger partial charge in [0.1, 0.15) is 17.3 Å².